The van der Waals surface area contributed by atoms with E-state index >= 15 is 0 Å². The summed E-state index contributed by atoms with van der Waals surface area (Å²) in [5, 5.41) is 2.73. The molecular weight excluding hydrogens is 314 g/mol. The van der Waals surface area contributed by atoms with Gasteiger partial charge in [0.15, 0.2) is 0 Å². The minimum Gasteiger partial charge on any atom is -0.496 e. The number of nitrogens with one attached hydrogen (secondary N) is 1. The fraction of sp³-hybridized carbons (Fsp3) is 0.385. The van der Waals surface area contributed by atoms with Gasteiger partial charge >= 0.3 is 5.97 Å². The summed E-state index contributed by atoms with van der Waals surface area (Å²) in [6.45, 7) is 0.428. The van der Waals surface area contributed by atoms with Crippen LogP contribution in [0, 0.1) is 0 Å². The van der Waals surface area contributed by atoms with Gasteiger partial charge in [-0.3, -0.25) is 9.59 Å². The molecule has 0 saturated carbocycles. The minimum absolute atomic E-state index is 0.187. The van der Waals surface area contributed by atoms with Crippen molar-refractivity contribution in [3.63, 3.8) is 0 Å². The third-order valence-corrected chi connectivity index (χ3v) is 3.10. The number of esters is 1. The second-order valence-electron chi connectivity index (χ2n) is 3.78. The van der Waals surface area contributed by atoms with Gasteiger partial charge in [-0.2, -0.15) is 0 Å². The second kappa shape index (κ2) is 7.78. The lowest BCUT2D eigenvalue weighted by molar-refractivity contribution is -0.140. The highest BCUT2D eigenvalue weighted by molar-refractivity contribution is 9.10. The van der Waals surface area contributed by atoms with E-state index < -0.39 is 0 Å². The Balaban J connectivity index is 2.45. The molecule has 0 fully saturated rings. The monoisotopic (exact) mass is 329 g/mol. The number of amides is 1. The predicted molar refractivity (Wildman–Crippen MR) is 74.3 cm³/mol. The molecule has 0 aliphatic heterocycles. The zero-order valence-electron chi connectivity index (χ0n) is 10.9. The van der Waals surface area contributed by atoms with Crippen molar-refractivity contribution in [2.75, 3.05) is 20.8 Å². The van der Waals surface area contributed by atoms with Gasteiger partial charge in [0.05, 0.1) is 18.7 Å². The smallest absolute Gasteiger partial charge is 0.305 e. The molecule has 6 heteroatoms. The van der Waals surface area contributed by atoms with Crippen molar-refractivity contribution in [3.05, 3.63) is 28.2 Å². The molecule has 1 N–H and O–H groups in total. The van der Waals surface area contributed by atoms with Gasteiger partial charge in [0.2, 0.25) is 0 Å². The summed E-state index contributed by atoms with van der Waals surface area (Å²) in [5.41, 5.74) is 0.533. The molecule has 0 aromatic heterocycles. The van der Waals surface area contributed by atoms with Crippen LogP contribution in [-0.4, -0.2) is 32.6 Å². The maximum Gasteiger partial charge on any atom is 0.305 e. The molecule has 1 aromatic carbocycles. The van der Waals surface area contributed by atoms with Crippen LogP contribution in [0.2, 0.25) is 0 Å². The van der Waals surface area contributed by atoms with Gasteiger partial charge in [0.25, 0.3) is 5.91 Å². The maximum atomic E-state index is 11.8. The highest BCUT2D eigenvalue weighted by atomic mass is 79.9. The van der Waals surface area contributed by atoms with Crippen LogP contribution in [-0.2, 0) is 9.53 Å². The Morgan fingerprint density at radius 2 is 2.05 bits per heavy atom. The molecular formula is C13H16BrNO4. The Morgan fingerprint density at radius 1 is 1.32 bits per heavy atom. The molecule has 0 unspecified atom stereocenters. The van der Waals surface area contributed by atoms with E-state index in [9.17, 15) is 9.59 Å². The molecule has 0 heterocycles. The first-order valence-electron chi connectivity index (χ1n) is 5.77. The van der Waals surface area contributed by atoms with E-state index in [0.29, 0.717) is 30.7 Å². The number of hydrogen-bond acceptors (Lipinski definition) is 4. The number of carbonyl (C=O) groups excluding carboxylic acids is 2. The third-order valence-electron chi connectivity index (χ3n) is 2.48. The Bertz CT molecular complexity index is 462. The largest absolute Gasteiger partial charge is 0.496 e. The summed E-state index contributed by atoms with van der Waals surface area (Å²) in [7, 11) is 2.91. The van der Waals surface area contributed by atoms with Crippen LogP contribution in [0.15, 0.2) is 22.7 Å². The lowest BCUT2D eigenvalue weighted by Gasteiger charge is -2.07. The summed E-state index contributed by atoms with van der Waals surface area (Å²) < 4.78 is 10.3. The number of carbonyl (C=O) groups is 2. The van der Waals surface area contributed by atoms with E-state index in [4.69, 9.17) is 4.74 Å². The molecule has 1 rings (SSSR count). The van der Waals surface area contributed by atoms with Crippen LogP contribution in [0.25, 0.3) is 0 Å². The Labute approximate surface area is 120 Å². The van der Waals surface area contributed by atoms with Crippen LogP contribution in [0.4, 0.5) is 0 Å². The summed E-state index contributed by atoms with van der Waals surface area (Å²) in [6.07, 6.45) is 0.846. The molecule has 0 aliphatic rings. The Hall–Kier alpha value is -1.56. The molecule has 1 amide bonds. The molecule has 104 valence electrons. The zero-order valence-corrected chi connectivity index (χ0v) is 12.5. The molecule has 0 radical (unpaired) electrons. The van der Waals surface area contributed by atoms with Gasteiger partial charge in [0.1, 0.15) is 5.75 Å². The SMILES string of the molecule is COC(=O)CCCNC(=O)c1ccc(OC)c(Br)c1. The summed E-state index contributed by atoms with van der Waals surface area (Å²) in [4.78, 5) is 22.7. The number of benzene rings is 1. The zero-order chi connectivity index (χ0) is 14.3. The molecule has 0 aliphatic carbocycles. The van der Waals surface area contributed by atoms with Gasteiger partial charge in [0, 0.05) is 18.5 Å². The highest BCUT2D eigenvalue weighted by Crippen LogP contribution is 2.25. The van der Waals surface area contributed by atoms with Crippen LogP contribution < -0.4 is 10.1 Å². The fourth-order valence-corrected chi connectivity index (χ4v) is 1.99. The summed E-state index contributed by atoms with van der Waals surface area (Å²) in [6, 6.07) is 5.08. The van der Waals surface area contributed by atoms with Gasteiger partial charge in [-0.25, -0.2) is 0 Å². The standard InChI is InChI=1S/C13H16BrNO4/c1-18-11-6-5-9(8-10(11)14)13(17)15-7-3-4-12(16)19-2/h5-6,8H,3-4,7H2,1-2H3,(H,15,17). The van der Waals surface area contributed by atoms with Crippen LogP contribution in [0.5, 0.6) is 5.75 Å². The lowest BCUT2D eigenvalue weighted by Crippen LogP contribution is -2.25. The molecule has 0 atom stereocenters. The molecule has 1 aromatic rings. The maximum absolute atomic E-state index is 11.8. The molecule has 5 nitrogen and oxygen atoms in total. The first-order valence-corrected chi connectivity index (χ1v) is 6.56. The van der Waals surface area contributed by atoms with Crippen LogP contribution in [0.1, 0.15) is 23.2 Å². The average Bonchev–Trinajstić information content (AvgIpc) is 2.42. The minimum atomic E-state index is -0.276. The van der Waals surface area contributed by atoms with Crippen LogP contribution >= 0.6 is 15.9 Å². The van der Waals surface area contributed by atoms with Gasteiger partial charge in [-0.05, 0) is 40.5 Å². The lowest BCUT2D eigenvalue weighted by atomic mass is 10.2. The van der Waals surface area contributed by atoms with E-state index in [1.807, 2.05) is 0 Å². The quantitative estimate of drug-likeness (QED) is 0.641. The Morgan fingerprint density at radius 3 is 2.63 bits per heavy atom. The van der Waals surface area contributed by atoms with E-state index in [-0.39, 0.29) is 11.9 Å². The van der Waals surface area contributed by atoms with Gasteiger partial charge < -0.3 is 14.8 Å². The Kier molecular flexibility index (Phi) is 6.35. The van der Waals surface area contributed by atoms with Gasteiger partial charge in [-0.15, -0.1) is 0 Å². The van der Waals surface area contributed by atoms with Crippen molar-refractivity contribution in [1.29, 1.82) is 0 Å². The van der Waals surface area contributed by atoms with Crippen molar-refractivity contribution in [2.24, 2.45) is 0 Å². The molecule has 0 saturated heterocycles. The van der Waals surface area contributed by atoms with Crippen molar-refractivity contribution in [3.8, 4) is 5.75 Å². The number of hydrogen-bond donors (Lipinski definition) is 1. The number of ether oxygens (including phenoxy) is 2. The molecule has 19 heavy (non-hydrogen) atoms. The van der Waals surface area contributed by atoms with Gasteiger partial charge in [-0.1, -0.05) is 0 Å². The summed E-state index contributed by atoms with van der Waals surface area (Å²) >= 11 is 3.32. The van der Waals surface area contributed by atoms with Crippen molar-refractivity contribution in [2.45, 2.75) is 12.8 Å². The average molecular weight is 330 g/mol. The second-order valence-corrected chi connectivity index (χ2v) is 4.64. The first kappa shape index (κ1) is 15.5. The highest BCUT2D eigenvalue weighted by Gasteiger charge is 2.08. The van der Waals surface area contributed by atoms with Crippen molar-refractivity contribution < 1.29 is 19.1 Å². The predicted octanol–water partition coefficient (Wildman–Crippen LogP) is 2.14. The number of methoxy groups -OCH3 is 2. The number of rotatable bonds is 6. The van der Waals surface area contributed by atoms with Crippen LogP contribution in [0.3, 0.4) is 0 Å². The molecule has 0 bridgehead atoms. The van der Waals surface area contributed by atoms with E-state index in [1.54, 1.807) is 25.3 Å². The fourth-order valence-electron chi connectivity index (χ4n) is 1.45. The normalized spacial score (nSPS) is 9.84. The molecule has 0 spiro atoms. The van der Waals surface area contributed by atoms with E-state index in [1.165, 1.54) is 7.11 Å². The topological polar surface area (TPSA) is 64.6 Å². The summed E-state index contributed by atoms with van der Waals surface area (Å²) in [5.74, 6) is 0.205. The number of halogens is 1. The van der Waals surface area contributed by atoms with E-state index in [2.05, 4.69) is 26.0 Å². The first-order chi connectivity index (χ1) is 9.08. The van der Waals surface area contributed by atoms with Crippen molar-refractivity contribution >= 4 is 27.8 Å². The van der Waals surface area contributed by atoms with E-state index in [0.717, 1.165) is 4.47 Å². The van der Waals surface area contributed by atoms with Crippen molar-refractivity contribution in [1.82, 2.24) is 5.32 Å². The third kappa shape index (κ3) is 4.90.